The van der Waals surface area contributed by atoms with Gasteiger partial charge in [0.1, 0.15) is 5.82 Å². The maximum Gasteiger partial charge on any atom is 0.254 e. The maximum atomic E-state index is 14.5. The van der Waals surface area contributed by atoms with Gasteiger partial charge in [0.15, 0.2) is 6.29 Å². The molecule has 3 aromatic rings. The molecule has 2 fully saturated rings. The van der Waals surface area contributed by atoms with Gasteiger partial charge < -0.3 is 14.4 Å². The van der Waals surface area contributed by atoms with E-state index in [1.165, 1.54) is 17.7 Å². The van der Waals surface area contributed by atoms with Crippen molar-refractivity contribution < 1.29 is 18.7 Å². The normalized spacial score (nSPS) is 17.7. The molecule has 8 heteroatoms. The lowest BCUT2D eigenvalue weighted by atomic mass is 9.84. The zero-order valence-corrected chi connectivity index (χ0v) is 24.7. The average molecular weight is 551 g/mol. The molecule has 2 aromatic carbocycles. The van der Waals surface area contributed by atoms with Gasteiger partial charge in [0.2, 0.25) is 0 Å². The van der Waals surface area contributed by atoms with E-state index in [4.69, 9.17) is 9.47 Å². The second-order valence-electron chi connectivity index (χ2n) is 11.9. The number of rotatable bonds is 10. The van der Waals surface area contributed by atoms with Crippen LogP contribution in [0.25, 0.3) is 22.0 Å². The number of halogens is 1. The third kappa shape index (κ3) is 5.67. The molecular formula is C32H43FN4O3. The van der Waals surface area contributed by atoms with Crippen molar-refractivity contribution in [2.75, 3.05) is 32.8 Å². The molecule has 0 aliphatic carbocycles. The van der Waals surface area contributed by atoms with Gasteiger partial charge in [0, 0.05) is 50.1 Å². The molecule has 1 aromatic heterocycles. The van der Waals surface area contributed by atoms with Crippen molar-refractivity contribution in [1.29, 1.82) is 0 Å². The van der Waals surface area contributed by atoms with Crippen molar-refractivity contribution >= 4 is 16.8 Å². The number of amides is 1. The Kier molecular flexibility index (Phi) is 8.59. The van der Waals surface area contributed by atoms with Gasteiger partial charge in [0.25, 0.3) is 5.91 Å². The van der Waals surface area contributed by atoms with E-state index in [1.54, 1.807) is 11.0 Å². The van der Waals surface area contributed by atoms with E-state index in [0.717, 1.165) is 48.0 Å². The topological polar surface area (TPSA) is 59.8 Å². The van der Waals surface area contributed by atoms with E-state index in [1.807, 2.05) is 38.7 Å². The predicted molar refractivity (Wildman–Crippen MR) is 156 cm³/mol. The Bertz CT molecular complexity index is 1340. The van der Waals surface area contributed by atoms with Gasteiger partial charge in [-0.15, -0.1) is 0 Å². The molecule has 216 valence electrons. The highest BCUT2D eigenvalue weighted by Crippen LogP contribution is 2.39. The first-order chi connectivity index (χ1) is 19.2. The number of ether oxygens (including phenoxy) is 2. The quantitative estimate of drug-likeness (QED) is 0.318. The number of carbonyl (C=O) groups excluding carboxylic acids is 1. The van der Waals surface area contributed by atoms with E-state index < -0.39 is 5.82 Å². The molecule has 2 aliphatic rings. The molecule has 0 saturated carbocycles. The van der Waals surface area contributed by atoms with Crippen LogP contribution >= 0.6 is 0 Å². The summed E-state index contributed by atoms with van der Waals surface area (Å²) in [5.41, 5.74) is 4.31. The largest absolute Gasteiger partial charge is 0.350 e. The highest BCUT2D eigenvalue weighted by molar-refractivity contribution is 6.05. The van der Waals surface area contributed by atoms with Gasteiger partial charge >= 0.3 is 0 Å². The molecule has 1 amide bonds. The van der Waals surface area contributed by atoms with Gasteiger partial charge in [0.05, 0.1) is 30.5 Å². The summed E-state index contributed by atoms with van der Waals surface area (Å²) in [6, 6.07) is 9.50. The summed E-state index contributed by atoms with van der Waals surface area (Å²) < 4.78 is 27.7. The molecule has 5 rings (SSSR count). The lowest BCUT2D eigenvalue weighted by molar-refractivity contribution is -0.0564. The average Bonchev–Trinajstić information content (AvgIpc) is 3.54. The Labute approximate surface area is 237 Å². The zero-order valence-electron chi connectivity index (χ0n) is 24.7. The Morgan fingerprint density at radius 2 is 1.82 bits per heavy atom. The van der Waals surface area contributed by atoms with Crippen LogP contribution in [0.5, 0.6) is 0 Å². The molecule has 3 heterocycles. The summed E-state index contributed by atoms with van der Waals surface area (Å²) in [5, 5.41) is 5.50. The van der Waals surface area contributed by atoms with Gasteiger partial charge in [-0.25, -0.2) is 4.39 Å². The van der Waals surface area contributed by atoms with E-state index in [9.17, 15) is 9.18 Å². The van der Waals surface area contributed by atoms with Crippen LogP contribution in [0, 0.1) is 11.7 Å². The van der Waals surface area contributed by atoms with Crippen LogP contribution in [0.1, 0.15) is 69.3 Å². The standard InChI is InChI=1S/C32H43FN4O3/c1-7-37(21(4)5)32(38)27-16-24(33)8-9-25(27)26-14-22(15-30-28(26)17-34-35(30)6)23-18-36(19-23)29(20(2)3)10-11-31-39-12-13-40-31/h8-9,14-17,20-21,23,29,31H,7,10-13,18-19H2,1-6H3/t29-/m1/s1. The van der Waals surface area contributed by atoms with E-state index in [-0.39, 0.29) is 18.2 Å². The van der Waals surface area contributed by atoms with Crippen molar-refractivity contribution in [3.63, 3.8) is 0 Å². The Hall–Kier alpha value is -2.81. The Morgan fingerprint density at radius 3 is 2.48 bits per heavy atom. The first-order valence-electron chi connectivity index (χ1n) is 14.7. The van der Waals surface area contributed by atoms with Crippen LogP contribution in [0.3, 0.4) is 0 Å². The molecule has 7 nitrogen and oxygen atoms in total. The minimum absolute atomic E-state index is 0.0139. The molecule has 1 atom stereocenters. The molecule has 2 saturated heterocycles. The summed E-state index contributed by atoms with van der Waals surface area (Å²) in [7, 11) is 1.94. The third-order valence-electron chi connectivity index (χ3n) is 8.62. The number of hydrogen-bond acceptors (Lipinski definition) is 5. The van der Waals surface area contributed by atoms with E-state index >= 15 is 0 Å². The maximum absolute atomic E-state index is 14.5. The monoisotopic (exact) mass is 550 g/mol. The summed E-state index contributed by atoms with van der Waals surface area (Å²) in [6.07, 6.45) is 3.74. The molecule has 0 bridgehead atoms. The number of aromatic nitrogens is 2. The van der Waals surface area contributed by atoms with Crippen LogP contribution in [-0.4, -0.2) is 76.7 Å². The number of nitrogens with zero attached hydrogens (tertiary/aromatic N) is 4. The highest BCUT2D eigenvalue weighted by Gasteiger charge is 2.36. The fraction of sp³-hybridized carbons (Fsp3) is 0.562. The van der Waals surface area contributed by atoms with Crippen molar-refractivity contribution in [2.24, 2.45) is 13.0 Å². The molecule has 0 radical (unpaired) electrons. The van der Waals surface area contributed by atoms with Crippen LogP contribution in [0.4, 0.5) is 4.39 Å². The second-order valence-corrected chi connectivity index (χ2v) is 11.9. The van der Waals surface area contributed by atoms with Crippen LogP contribution in [0.2, 0.25) is 0 Å². The Balaban J connectivity index is 1.45. The summed E-state index contributed by atoms with van der Waals surface area (Å²) >= 11 is 0. The summed E-state index contributed by atoms with van der Waals surface area (Å²) in [4.78, 5) is 18.0. The van der Waals surface area contributed by atoms with Crippen molar-refractivity contribution in [1.82, 2.24) is 19.6 Å². The van der Waals surface area contributed by atoms with Crippen LogP contribution in [0.15, 0.2) is 36.5 Å². The Morgan fingerprint density at radius 1 is 1.10 bits per heavy atom. The fourth-order valence-electron chi connectivity index (χ4n) is 6.37. The molecule has 0 spiro atoms. The lowest BCUT2D eigenvalue weighted by Gasteiger charge is -2.46. The number of carbonyl (C=O) groups is 1. The smallest absolute Gasteiger partial charge is 0.254 e. The van der Waals surface area contributed by atoms with Crippen molar-refractivity contribution in [3.8, 4) is 11.1 Å². The van der Waals surface area contributed by atoms with Gasteiger partial charge in [-0.2, -0.15) is 5.10 Å². The number of aryl methyl sites for hydroxylation is 1. The number of benzene rings is 2. The SMILES string of the molecule is CCN(C(=O)c1cc(F)ccc1-c1cc(C2CN([C@H](CCC3OCCO3)C(C)C)C2)cc2c1cnn2C)C(C)C. The summed E-state index contributed by atoms with van der Waals surface area (Å²) in [5.74, 6) is 0.348. The second kappa shape index (κ2) is 12.0. The van der Waals surface area contributed by atoms with Crippen LogP contribution < -0.4 is 0 Å². The zero-order chi connectivity index (χ0) is 28.6. The number of hydrogen-bond donors (Lipinski definition) is 0. The fourth-order valence-corrected chi connectivity index (χ4v) is 6.37. The van der Waals surface area contributed by atoms with Gasteiger partial charge in [-0.1, -0.05) is 19.9 Å². The van der Waals surface area contributed by atoms with Gasteiger partial charge in [-0.05, 0) is 80.5 Å². The van der Waals surface area contributed by atoms with Crippen molar-refractivity contribution in [3.05, 3.63) is 53.5 Å². The van der Waals surface area contributed by atoms with Gasteiger partial charge in [-0.3, -0.25) is 14.4 Å². The first-order valence-corrected chi connectivity index (χ1v) is 14.7. The number of likely N-dealkylation sites (tertiary alicyclic amines) is 1. The lowest BCUT2D eigenvalue weighted by Crippen LogP contribution is -2.52. The molecular weight excluding hydrogens is 507 g/mol. The first kappa shape index (κ1) is 28.7. The molecule has 0 N–H and O–H groups in total. The number of fused-ring (bicyclic) bond motifs is 1. The van der Waals surface area contributed by atoms with Crippen LogP contribution in [-0.2, 0) is 16.5 Å². The highest BCUT2D eigenvalue weighted by atomic mass is 19.1. The molecule has 2 aliphatic heterocycles. The predicted octanol–water partition coefficient (Wildman–Crippen LogP) is 5.83. The minimum Gasteiger partial charge on any atom is -0.350 e. The summed E-state index contributed by atoms with van der Waals surface area (Å²) in [6.45, 7) is 14.4. The van der Waals surface area contributed by atoms with E-state index in [2.05, 4.69) is 36.0 Å². The molecule has 40 heavy (non-hydrogen) atoms. The molecule has 0 unspecified atom stereocenters. The van der Waals surface area contributed by atoms with Crippen molar-refractivity contribution in [2.45, 2.75) is 71.8 Å². The third-order valence-corrected chi connectivity index (χ3v) is 8.62. The van der Waals surface area contributed by atoms with E-state index in [0.29, 0.717) is 43.2 Å². The minimum atomic E-state index is -0.409.